The molecule has 0 bridgehead atoms. The van der Waals surface area contributed by atoms with Gasteiger partial charge >= 0.3 is 5.63 Å². The van der Waals surface area contributed by atoms with Gasteiger partial charge < -0.3 is 4.42 Å². The molecule has 0 aliphatic carbocycles. The van der Waals surface area contributed by atoms with Crippen molar-refractivity contribution >= 4 is 23.2 Å². The van der Waals surface area contributed by atoms with E-state index < -0.39 is 10.5 Å². The van der Waals surface area contributed by atoms with E-state index in [4.69, 9.17) is 27.6 Å². The van der Waals surface area contributed by atoms with Crippen molar-refractivity contribution in [3.8, 4) is 0 Å². The normalized spacial score (nSPS) is 10.5. The van der Waals surface area contributed by atoms with Crippen LogP contribution in [0.5, 0.6) is 0 Å². The van der Waals surface area contributed by atoms with Crippen LogP contribution in [0.15, 0.2) is 21.3 Å². The van der Waals surface area contributed by atoms with Gasteiger partial charge in [-0.3, -0.25) is 0 Å². The molecule has 1 aromatic heterocycles. The van der Waals surface area contributed by atoms with Gasteiger partial charge in [-0.1, -0.05) is 23.2 Å². The SMILES string of the molecule is Cc1cc(C(Cl)Cl)oc(=O)c1. The lowest BCUT2D eigenvalue weighted by molar-refractivity contribution is 0.471. The number of hydrogen-bond acceptors (Lipinski definition) is 2. The van der Waals surface area contributed by atoms with Crippen molar-refractivity contribution in [2.75, 3.05) is 0 Å². The van der Waals surface area contributed by atoms with Gasteiger partial charge in [-0.05, 0) is 18.6 Å². The van der Waals surface area contributed by atoms with Crippen LogP contribution in [-0.4, -0.2) is 0 Å². The highest BCUT2D eigenvalue weighted by atomic mass is 35.5. The Bertz CT molecular complexity index is 304. The number of aryl methyl sites for hydroxylation is 1. The Kier molecular flexibility index (Phi) is 2.58. The molecule has 0 atom stereocenters. The van der Waals surface area contributed by atoms with E-state index in [1.807, 2.05) is 0 Å². The molecule has 4 heteroatoms. The molecule has 0 aromatic carbocycles. The van der Waals surface area contributed by atoms with E-state index in [0.29, 0.717) is 5.76 Å². The summed E-state index contributed by atoms with van der Waals surface area (Å²) in [6.45, 7) is 1.77. The Labute approximate surface area is 73.7 Å². The number of hydrogen-bond donors (Lipinski definition) is 0. The summed E-state index contributed by atoms with van der Waals surface area (Å²) in [6, 6.07) is 3.01. The average molecular weight is 193 g/mol. The summed E-state index contributed by atoms with van der Waals surface area (Å²) >= 11 is 11.0. The van der Waals surface area contributed by atoms with Gasteiger partial charge in [0.2, 0.25) is 0 Å². The van der Waals surface area contributed by atoms with Gasteiger partial charge in [-0.15, -0.1) is 0 Å². The summed E-state index contributed by atoms with van der Waals surface area (Å²) in [6.07, 6.45) is 0. The van der Waals surface area contributed by atoms with Crippen LogP contribution in [0.4, 0.5) is 0 Å². The molecule has 2 nitrogen and oxygen atoms in total. The monoisotopic (exact) mass is 192 g/mol. The summed E-state index contributed by atoms with van der Waals surface area (Å²) in [4.78, 5) is 9.96. The third kappa shape index (κ3) is 2.24. The van der Waals surface area contributed by atoms with Gasteiger partial charge in [-0.2, -0.15) is 0 Å². The maximum absolute atomic E-state index is 10.7. The van der Waals surface area contributed by atoms with Crippen LogP contribution in [0, 0.1) is 6.92 Å². The molecule has 0 aliphatic rings. The van der Waals surface area contributed by atoms with E-state index in [9.17, 15) is 4.79 Å². The fraction of sp³-hybridized carbons (Fsp3) is 0.286. The third-order valence-corrected chi connectivity index (χ3v) is 1.58. The molecule has 0 amide bonds. The molecular weight excluding hydrogens is 187 g/mol. The molecule has 0 aliphatic heterocycles. The van der Waals surface area contributed by atoms with Gasteiger partial charge in [0, 0.05) is 6.07 Å². The Balaban J connectivity index is 3.19. The Morgan fingerprint density at radius 1 is 1.45 bits per heavy atom. The topological polar surface area (TPSA) is 30.2 Å². The lowest BCUT2D eigenvalue weighted by Crippen LogP contribution is -1.99. The van der Waals surface area contributed by atoms with Gasteiger partial charge in [0.25, 0.3) is 0 Å². The van der Waals surface area contributed by atoms with Gasteiger partial charge in [-0.25, -0.2) is 4.79 Å². The summed E-state index contributed by atoms with van der Waals surface area (Å²) < 4.78 is 4.70. The van der Waals surface area contributed by atoms with Crippen LogP contribution in [-0.2, 0) is 0 Å². The van der Waals surface area contributed by atoms with E-state index in [0.717, 1.165) is 5.56 Å². The molecule has 1 rings (SSSR count). The highest BCUT2D eigenvalue weighted by Crippen LogP contribution is 2.23. The predicted octanol–water partition coefficient (Wildman–Crippen LogP) is 2.42. The van der Waals surface area contributed by atoms with Crippen molar-refractivity contribution in [2.45, 2.75) is 11.8 Å². The minimum absolute atomic E-state index is 0.290. The maximum Gasteiger partial charge on any atom is 0.336 e. The van der Waals surface area contributed by atoms with E-state index in [1.54, 1.807) is 13.0 Å². The highest BCUT2D eigenvalue weighted by Gasteiger charge is 2.06. The molecule has 0 N–H and O–H groups in total. The quantitative estimate of drug-likeness (QED) is 0.641. The second kappa shape index (κ2) is 3.28. The average Bonchev–Trinajstić information content (AvgIpc) is 1.85. The molecule has 60 valence electrons. The van der Waals surface area contributed by atoms with Gasteiger partial charge in [0.15, 0.2) is 4.84 Å². The molecule has 0 spiro atoms. The fourth-order valence-electron chi connectivity index (χ4n) is 0.735. The predicted molar refractivity (Wildman–Crippen MR) is 44.2 cm³/mol. The van der Waals surface area contributed by atoms with E-state index in [-0.39, 0.29) is 0 Å². The van der Waals surface area contributed by atoms with Crippen molar-refractivity contribution in [3.05, 3.63) is 33.9 Å². The van der Waals surface area contributed by atoms with Crippen molar-refractivity contribution in [1.82, 2.24) is 0 Å². The second-order valence-electron chi connectivity index (χ2n) is 2.16. The Morgan fingerprint density at radius 3 is 2.55 bits per heavy atom. The van der Waals surface area contributed by atoms with Crippen LogP contribution >= 0.6 is 23.2 Å². The summed E-state index contributed by atoms with van der Waals surface area (Å²) in [5.74, 6) is 0.290. The summed E-state index contributed by atoms with van der Waals surface area (Å²) in [5, 5.41) is 0. The van der Waals surface area contributed by atoms with Gasteiger partial charge in [0.05, 0.1) is 0 Å². The zero-order chi connectivity index (χ0) is 8.43. The molecule has 0 fully saturated rings. The zero-order valence-corrected chi connectivity index (χ0v) is 7.32. The second-order valence-corrected chi connectivity index (χ2v) is 3.25. The molecule has 1 heterocycles. The van der Waals surface area contributed by atoms with E-state index in [1.165, 1.54) is 6.07 Å². The first-order valence-electron chi connectivity index (χ1n) is 2.99. The molecule has 11 heavy (non-hydrogen) atoms. The minimum atomic E-state index is -0.775. The Hall–Kier alpha value is -0.470. The molecule has 0 saturated carbocycles. The van der Waals surface area contributed by atoms with Crippen molar-refractivity contribution in [1.29, 1.82) is 0 Å². The van der Waals surface area contributed by atoms with Crippen LogP contribution in [0.1, 0.15) is 16.2 Å². The lowest BCUT2D eigenvalue weighted by Gasteiger charge is -1.98. The van der Waals surface area contributed by atoms with E-state index in [2.05, 4.69) is 0 Å². The first-order valence-corrected chi connectivity index (χ1v) is 3.87. The van der Waals surface area contributed by atoms with Crippen LogP contribution < -0.4 is 5.63 Å². The largest absolute Gasteiger partial charge is 0.425 e. The number of alkyl halides is 2. The lowest BCUT2D eigenvalue weighted by atomic mass is 10.3. The summed E-state index contributed by atoms with van der Waals surface area (Å²) in [7, 11) is 0. The minimum Gasteiger partial charge on any atom is -0.425 e. The number of rotatable bonds is 1. The van der Waals surface area contributed by atoms with Crippen molar-refractivity contribution in [3.63, 3.8) is 0 Å². The molecule has 0 radical (unpaired) electrons. The maximum atomic E-state index is 10.7. The number of halogens is 2. The molecule has 0 saturated heterocycles. The molecular formula is C7H6Cl2O2. The fourth-order valence-corrected chi connectivity index (χ4v) is 0.950. The van der Waals surface area contributed by atoms with Crippen LogP contribution in [0.25, 0.3) is 0 Å². The first-order chi connectivity index (χ1) is 5.09. The van der Waals surface area contributed by atoms with Crippen LogP contribution in [0.3, 0.4) is 0 Å². The standard InChI is InChI=1S/C7H6Cl2O2/c1-4-2-5(7(8)9)11-6(10)3-4/h2-3,7H,1H3. The van der Waals surface area contributed by atoms with Gasteiger partial charge in [0.1, 0.15) is 5.76 Å². The van der Waals surface area contributed by atoms with Crippen LogP contribution in [0.2, 0.25) is 0 Å². The van der Waals surface area contributed by atoms with E-state index >= 15 is 0 Å². The Morgan fingerprint density at radius 2 is 2.09 bits per heavy atom. The molecule has 0 unspecified atom stereocenters. The highest BCUT2D eigenvalue weighted by molar-refractivity contribution is 6.43. The van der Waals surface area contributed by atoms with Crippen molar-refractivity contribution in [2.24, 2.45) is 0 Å². The molecule has 1 aromatic rings. The zero-order valence-electron chi connectivity index (χ0n) is 5.80. The summed E-state index contributed by atoms with van der Waals surface area (Å²) in [5.41, 5.74) is 0.369. The van der Waals surface area contributed by atoms with Crippen molar-refractivity contribution < 1.29 is 4.42 Å². The smallest absolute Gasteiger partial charge is 0.336 e. The third-order valence-electron chi connectivity index (χ3n) is 1.15. The first kappa shape index (κ1) is 8.62.